The maximum Gasteiger partial charge on any atom is 0.311 e. The Hall–Kier alpha value is -0.620. The summed E-state index contributed by atoms with van der Waals surface area (Å²) < 4.78 is 23.5. The number of nitrogens with zero attached hydrogens (tertiary/aromatic N) is 1. The SMILES string of the molecule is CC(C)S(=O)(=O)CCCN1C[C@@H]2CCC[C@@]2(C(=O)O)C1. The highest BCUT2D eigenvalue weighted by Crippen LogP contribution is 2.48. The van der Waals surface area contributed by atoms with Crippen molar-refractivity contribution < 1.29 is 18.3 Å². The molecule has 2 fully saturated rings. The van der Waals surface area contributed by atoms with Crippen molar-refractivity contribution in [1.82, 2.24) is 4.90 Å². The number of likely N-dealkylation sites (tertiary alicyclic amines) is 1. The van der Waals surface area contributed by atoms with E-state index in [0.717, 1.165) is 25.8 Å². The van der Waals surface area contributed by atoms with Crippen LogP contribution in [0.5, 0.6) is 0 Å². The van der Waals surface area contributed by atoms with E-state index in [1.807, 2.05) is 0 Å². The van der Waals surface area contributed by atoms with Crippen molar-refractivity contribution in [3.05, 3.63) is 0 Å². The normalized spacial score (nSPS) is 30.9. The molecule has 1 aliphatic carbocycles. The van der Waals surface area contributed by atoms with Crippen molar-refractivity contribution in [2.24, 2.45) is 11.3 Å². The Bertz CT molecular complexity index is 474. The molecule has 116 valence electrons. The fourth-order valence-electron chi connectivity index (χ4n) is 3.64. The van der Waals surface area contributed by atoms with E-state index in [9.17, 15) is 18.3 Å². The topological polar surface area (TPSA) is 74.7 Å². The number of carbonyl (C=O) groups is 1. The van der Waals surface area contributed by atoms with Gasteiger partial charge >= 0.3 is 5.97 Å². The molecule has 0 unspecified atom stereocenters. The summed E-state index contributed by atoms with van der Waals surface area (Å²) in [5, 5.41) is 9.17. The van der Waals surface area contributed by atoms with E-state index in [0.29, 0.717) is 19.5 Å². The summed E-state index contributed by atoms with van der Waals surface area (Å²) in [5.74, 6) is -0.217. The second-order valence-electron chi connectivity index (χ2n) is 6.55. The average molecular weight is 303 g/mol. The highest BCUT2D eigenvalue weighted by Gasteiger charge is 2.54. The van der Waals surface area contributed by atoms with Gasteiger partial charge in [-0.1, -0.05) is 6.42 Å². The number of hydrogen-bond acceptors (Lipinski definition) is 4. The van der Waals surface area contributed by atoms with Crippen LogP contribution in [0.1, 0.15) is 39.5 Å². The Morgan fingerprint density at radius 1 is 1.45 bits per heavy atom. The van der Waals surface area contributed by atoms with E-state index in [2.05, 4.69) is 4.90 Å². The first-order valence-corrected chi connectivity index (χ1v) is 9.17. The Morgan fingerprint density at radius 3 is 2.70 bits per heavy atom. The lowest BCUT2D eigenvalue weighted by atomic mass is 9.81. The third-order valence-electron chi connectivity index (χ3n) is 4.99. The third kappa shape index (κ3) is 2.86. The smallest absolute Gasteiger partial charge is 0.311 e. The van der Waals surface area contributed by atoms with Gasteiger partial charge in [0.05, 0.1) is 16.4 Å². The molecule has 1 N–H and O–H groups in total. The van der Waals surface area contributed by atoms with Gasteiger partial charge in [-0.2, -0.15) is 0 Å². The van der Waals surface area contributed by atoms with Crippen LogP contribution in [-0.2, 0) is 14.6 Å². The number of sulfone groups is 1. The average Bonchev–Trinajstić information content (AvgIpc) is 2.85. The van der Waals surface area contributed by atoms with E-state index in [4.69, 9.17) is 0 Å². The number of fused-ring (bicyclic) bond motifs is 1. The number of hydrogen-bond donors (Lipinski definition) is 1. The molecule has 20 heavy (non-hydrogen) atoms. The van der Waals surface area contributed by atoms with E-state index in [1.165, 1.54) is 0 Å². The summed E-state index contributed by atoms with van der Waals surface area (Å²) >= 11 is 0. The van der Waals surface area contributed by atoms with E-state index < -0.39 is 21.2 Å². The molecular weight excluding hydrogens is 278 g/mol. The third-order valence-corrected chi connectivity index (χ3v) is 7.28. The minimum Gasteiger partial charge on any atom is -0.481 e. The zero-order chi connectivity index (χ0) is 15.0. The zero-order valence-electron chi connectivity index (χ0n) is 12.3. The molecule has 1 aliphatic heterocycles. The minimum absolute atomic E-state index is 0.200. The second-order valence-corrected chi connectivity index (χ2v) is 9.23. The number of rotatable bonds is 6. The van der Waals surface area contributed by atoms with Gasteiger partial charge < -0.3 is 10.0 Å². The predicted octanol–water partition coefficient (Wildman–Crippen LogP) is 1.39. The Kier molecular flexibility index (Phi) is 4.44. The number of carboxylic acids is 1. The van der Waals surface area contributed by atoms with Crippen molar-refractivity contribution in [3.8, 4) is 0 Å². The molecular formula is C14H25NO4S. The molecule has 5 nitrogen and oxygen atoms in total. The Morgan fingerprint density at radius 2 is 2.15 bits per heavy atom. The maximum atomic E-state index is 11.8. The largest absolute Gasteiger partial charge is 0.481 e. The standard InChI is InChI=1S/C14H25NO4S/c1-11(2)20(18,19)8-4-7-15-9-12-5-3-6-14(12,10-15)13(16)17/h11-12H,3-10H2,1-2H3,(H,16,17)/t12-,14+/m0/s1. The molecule has 1 saturated heterocycles. The molecule has 2 rings (SSSR count). The van der Waals surface area contributed by atoms with Gasteiger partial charge in [0.25, 0.3) is 0 Å². The van der Waals surface area contributed by atoms with Gasteiger partial charge in [0.2, 0.25) is 0 Å². The highest BCUT2D eigenvalue weighted by molar-refractivity contribution is 7.91. The van der Waals surface area contributed by atoms with Crippen LogP contribution in [0.2, 0.25) is 0 Å². The zero-order valence-corrected chi connectivity index (χ0v) is 13.2. The van der Waals surface area contributed by atoms with E-state index in [1.54, 1.807) is 13.8 Å². The summed E-state index contributed by atoms with van der Waals surface area (Å²) in [4.78, 5) is 13.7. The van der Waals surface area contributed by atoms with Gasteiger partial charge in [-0.05, 0) is 45.6 Å². The van der Waals surface area contributed by atoms with Gasteiger partial charge in [-0.3, -0.25) is 4.79 Å². The van der Waals surface area contributed by atoms with Gasteiger partial charge in [0.1, 0.15) is 0 Å². The van der Waals surface area contributed by atoms with Gasteiger partial charge in [0, 0.05) is 13.1 Å². The first kappa shape index (κ1) is 15.8. The number of carboxylic acid groups (broad SMARTS) is 1. The molecule has 0 amide bonds. The van der Waals surface area contributed by atoms with Crippen molar-refractivity contribution in [2.45, 2.75) is 44.8 Å². The highest BCUT2D eigenvalue weighted by atomic mass is 32.2. The van der Waals surface area contributed by atoms with Crippen molar-refractivity contribution in [3.63, 3.8) is 0 Å². The lowest BCUT2D eigenvalue weighted by Gasteiger charge is -2.23. The molecule has 1 heterocycles. The van der Waals surface area contributed by atoms with Gasteiger partial charge in [-0.15, -0.1) is 0 Å². The maximum absolute atomic E-state index is 11.8. The summed E-state index contributed by atoms with van der Waals surface area (Å²) in [6.07, 6.45) is 3.37. The van der Waals surface area contributed by atoms with E-state index >= 15 is 0 Å². The molecule has 0 bridgehead atoms. The van der Waals surface area contributed by atoms with E-state index in [-0.39, 0.29) is 16.9 Å². The molecule has 2 aliphatic rings. The minimum atomic E-state index is -2.98. The quantitative estimate of drug-likeness (QED) is 0.802. The van der Waals surface area contributed by atoms with Crippen molar-refractivity contribution >= 4 is 15.8 Å². The summed E-state index contributed by atoms with van der Waals surface area (Å²) in [6.45, 7) is 5.50. The molecule has 0 spiro atoms. The van der Waals surface area contributed by atoms with Crippen LogP contribution >= 0.6 is 0 Å². The molecule has 1 saturated carbocycles. The lowest BCUT2D eigenvalue weighted by Crippen LogP contribution is -2.36. The molecule has 0 aromatic rings. The Balaban J connectivity index is 1.87. The predicted molar refractivity (Wildman–Crippen MR) is 77.4 cm³/mol. The van der Waals surface area contributed by atoms with Crippen molar-refractivity contribution in [2.75, 3.05) is 25.4 Å². The first-order chi connectivity index (χ1) is 9.28. The molecule has 6 heteroatoms. The van der Waals surface area contributed by atoms with Gasteiger partial charge in [-0.25, -0.2) is 8.42 Å². The van der Waals surface area contributed by atoms with Crippen LogP contribution < -0.4 is 0 Å². The number of aliphatic carboxylic acids is 1. The first-order valence-electron chi connectivity index (χ1n) is 7.45. The lowest BCUT2D eigenvalue weighted by molar-refractivity contribution is -0.149. The molecule has 0 radical (unpaired) electrons. The molecule has 0 aromatic carbocycles. The second kappa shape index (κ2) is 5.64. The van der Waals surface area contributed by atoms with Crippen LogP contribution in [0, 0.1) is 11.3 Å². The van der Waals surface area contributed by atoms with Crippen LogP contribution in [0.4, 0.5) is 0 Å². The summed E-state index contributed by atoms with van der Waals surface area (Å²) in [6, 6.07) is 0. The van der Waals surface area contributed by atoms with Crippen LogP contribution in [-0.4, -0.2) is 55.0 Å². The monoisotopic (exact) mass is 303 g/mol. The van der Waals surface area contributed by atoms with Crippen molar-refractivity contribution in [1.29, 1.82) is 0 Å². The van der Waals surface area contributed by atoms with Crippen LogP contribution in [0.15, 0.2) is 0 Å². The van der Waals surface area contributed by atoms with Gasteiger partial charge in [0.15, 0.2) is 9.84 Å². The fraction of sp³-hybridized carbons (Fsp3) is 0.929. The summed E-state index contributed by atoms with van der Waals surface area (Å²) in [5.41, 5.74) is -0.559. The van der Waals surface area contributed by atoms with Crippen LogP contribution in [0.3, 0.4) is 0 Å². The van der Waals surface area contributed by atoms with Crippen LogP contribution in [0.25, 0.3) is 0 Å². The molecule has 0 aromatic heterocycles. The fourth-order valence-corrected chi connectivity index (χ4v) is 4.64. The molecule has 2 atom stereocenters. The Labute approximate surface area is 121 Å². The summed E-state index contributed by atoms with van der Waals surface area (Å²) in [7, 11) is -2.98.